The first-order valence-electron chi connectivity index (χ1n) is 8.29. The number of guanidine groups is 1. The van der Waals surface area contributed by atoms with Crippen molar-refractivity contribution in [3.05, 3.63) is 41.2 Å². The molecule has 3 N–H and O–H groups in total. The van der Waals surface area contributed by atoms with Crippen molar-refractivity contribution in [3.8, 4) is 5.75 Å². The van der Waals surface area contributed by atoms with E-state index in [1.54, 1.807) is 10.7 Å². The summed E-state index contributed by atoms with van der Waals surface area (Å²) in [6.07, 6.45) is -0.610. The van der Waals surface area contributed by atoms with Crippen molar-refractivity contribution in [3.63, 3.8) is 0 Å². The number of rotatable bonds is 4. The molecule has 3 rings (SSSR count). The second kappa shape index (κ2) is 8.81. The van der Waals surface area contributed by atoms with E-state index in [1.165, 1.54) is 23.8 Å². The standard InChI is InChI=1S/C17H20F3N5O.HI/c1-25-14(11-6-2-3-7-12(11)24-25)10-22-16(21)23-13-8-4-5-9-15(13)26-17(18,19)20;/h4-5,8-9H,2-3,6-7,10H2,1H3,(H3,21,22,23);1H. The van der Waals surface area contributed by atoms with E-state index in [4.69, 9.17) is 5.73 Å². The number of para-hydroxylation sites is 2. The van der Waals surface area contributed by atoms with Crippen LogP contribution >= 0.6 is 24.0 Å². The predicted molar refractivity (Wildman–Crippen MR) is 107 cm³/mol. The van der Waals surface area contributed by atoms with Crippen LogP contribution in [0.15, 0.2) is 29.3 Å². The SMILES string of the molecule is Cn1nc2c(c1CN=C(N)Nc1ccccc1OC(F)(F)F)CCCC2.I. The summed E-state index contributed by atoms with van der Waals surface area (Å²) in [7, 11) is 1.86. The average Bonchev–Trinajstić information content (AvgIpc) is 2.89. The number of fused-ring (bicyclic) bond motifs is 1. The van der Waals surface area contributed by atoms with Gasteiger partial charge in [-0.25, -0.2) is 4.99 Å². The number of aliphatic imine (C=N–C) groups is 1. The number of halogens is 4. The quantitative estimate of drug-likeness (QED) is 0.385. The van der Waals surface area contributed by atoms with Crippen LogP contribution in [0.1, 0.15) is 29.8 Å². The second-order valence-corrected chi connectivity index (χ2v) is 6.07. The Morgan fingerprint density at radius 1 is 1.30 bits per heavy atom. The van der Waals surface area contributed by atoms with E-state index in [9.17, 15) is 13.2 Å². The van der Waals surface area contributed by atoms with Crippen molar-refractivity contribution in [2.24, 2.45) is 17.8 Å². The van der Waals surface area contributed by atoms with Gasteiger partial charge in [-0.2, -0.15) is 5.10 Å². The maximum atomic E-state index is 12.5. The van der Waals surface area contributed by atoms with Crippen molar-refractivity contribution < 1.29 is 17.9 Å². The number of hydrogen-bond donors (Lipinski definition) is 2. The van der Waals surface area contributed by atoms with Gasteiger partial charge in [-0.05, 0) is 43.4 Å². The summed E-state index contributed by atoms with van der Waals surface area (Å²) < 4.78 is 43.2. The summed E-state index contributed by atoms with van der Waals surface area (Å²) in [5.74, 6) is -0.356. The van der Waals surface area contributed by atoms with Gasteiger partial charge in [0.15, 0.2) is 11.7 Å². The first-order valence-corrected chi connectivity index (χ1v) is 8.29. The van der Waals surface area contributed by atoms with Crippen LogP contribution in [0.5, 0.6) is 5.75 Å². The summed E-state index contributed by atoms with van der Waals surface area (Å²) in [6, 6.07) is 5.67. The number of benzene rings is 1. The van der Waals surface area contributed by atoms with Gasteiger partial charge < -0.3 is 15.8 Å². The number of nitrogens with one attached hydrogen (secondary N) is 1. The van der Waals surface area contributed by atoms with Crippen molar-refractivity contribution in [1.82, 2.24) is 9.78 Å². The number of nitrogens with two attached hydrogens (primary N) is 1. The zero-order chi connectivity index (χ0) is 18.7. The van der Waals surface area contributed by atoms with Gasteiger partial charge >= 0.3 is 6.36 Å². The zero-order valence-electron chi connectivity index (χ0n) is 14.7. The minimum Gasteiger partial charge on any atom is -0.404 e. The Hall–Kier alpha value is -1.98. The molecule has 27 heavy (non-hydrogen) atoms. The summed E-state index contributed by atoms with van der Waals surface area (Å²) in [5, 5.41) is 7.18. The molecule has 0 aliphatic heterocycles. The normalized spacial score (nSPS) is 14.3. The van der Waals surface area contributed by atoms with Gasteiger partial charge in [-0.3, -0.25) is 4.68 Å². The molecule has 0 fully saturated rings. The fraction of sp³-hybridized carbons (Fsp3) is 0.412. The third-order valence-corrected chi connectivity index (χ3v) is 4.22. The predicted octanol–water partition coefficient (Wildman–Crippen LogP) is 3.74. The van der Waals surface area contributed by atoms with E-state index in [0.29, 0.717) is 6.54 Å². The molecule has 6 nitrogen and oxygen atoms in total. The zero-order valence-corrected chi connectivity index (χ0v) is 17.0. The Balaban J connectivity index is 0.00000261. The van der Waals surface area contributed by atoms with Crippen LogP contribution in [0.2, 0.25) is 0 Å². The van der Waals surface area contributed by atoms with E-state index in [0.717, 1.165) is 37.1 Å². The maximum Gasteiger partial charge on any atom is 0.573 e. The molecular formula is C17H21F3IN5O. The lowest BCUT2D eigenvalue weighted by Gasteiger charge is -2.14. The van der Waals surface area contributed by atoms with E-state index in [-0.39, 0.29) is 41.4 Å². The van der Waals surface area contributed by atoms with Gasteiger partial charge in [0.05, 0.1) is 23.6 Å². The highest BCUT2D eigenvalue weighted by Gasteiger charge is 2.32. The van der Waals surface area contributed by atoms with Crippen molar-refractivity contribution in [1.29, 1.82) is 0 Å². The molecule has 1 aromatic heterocycles. The number of aryl methyl sites for hydroxylation is 2. The Morgan fingerprint density at radius 3 is 2.74 bits per heavy atom. The first-order chi connectivity index (χ1) is 12.3. The second-order valence-electron chi connectivity index (χ2n) is 6.07. The maximum absolute atomic E-state index is 12.5. The van der Waals surface area contributed by atoms with E-state index in [2.05, 4.69) is 20.1 Å². The average molecular weight is 495 g/mol. The lowest BCUT2D eigenvalue weighted by Crippen LogP contribution is -2.24. The number of ether oxygens (including phenoxy) is 1. The Morgan fingerprint density at radius 2 is 2.00 bits per heavy atom. The van der Waals surface area contributed by atoms with Gasteiger partial charge in [-0.1, -0.05) is 12.1 Å². The summed E-state index contributed by atoms with van der Waals surface area (Å²) >= 11 is 0. The largest absolute Gasteiger partial charge is 0.573 e. The van der Waals surface area contributed by atoms with Gasteiger partial charge in [0.2, 0.25) is 0 Å². The van der Waals surface area contributed by atoms with Gasteiger partial charge in [0.1, 0.15) is 0 Å². The van der Waals surface area contributed by atoms with Crippen LogP contribution in [0, 0.1) is 0 Å². The highest BCUT2D eigenvalue weighted by atomic mass is 127. The third-order valence-electron chi connectivity index (χ3n) is 4.22. The Labute approximate surface area is 172 Å². The Kier molecular flexibility index (Phi) is 6.95. The van der Waals surface area contributed by atoms with Crippen LogP contribution in [0.25, 0.3) is 0 Å². The minimum atomic E-state index is -4.78. The van der Waals surface area contributed by atoms with Gasteiger partial charge in [0.25, 0.3) is 0 Å². The van der Waals surface area contributed by atoms with Gasteiger partial charge in [-0.15, -0.1) is 37.1 Å². The molecule has 1 aliphatic carbocycles. The topological polar surface area (TPSA) is 77.5 Å². The lowest BCUT2D eigenvalue weighted by molar-refractivity contribution is -0.274. The highest BCUT2D eigenvalue weighted by molar-refractivity contribution is 14.0. The van der Waals surface area contributed by atoms with E-state index in [1.807, 2.05) is 7.05 Å². The summed E-state index contributed by atoms with van der Waals surface area (Å²) in [5.41, 5.74) is 9.23. The number of anilines is 1. The fourth-order valence-electron chi connectivity index (χ4n) is 3.07. The molecule has 1 heterocycles. The van der Waals surface area contributed by atoms with Crippen LogP contribution < -0.4 is 15.8 Å². The summed E-state index contributed by atoms with van der Waals surface area (Å²) in [4.78, 5) is 4.25. The van der Waals surface area contributed by atoms with Crippen LogP contribution in [-0.2, 0) is 26.4 Å². The molecule has 1 aromatic carbocycles. The molecule has 0 bridgehead atoms. The lowest BCUT2D eigenvalue weighted by atomic mass is 9.96. The molecule has 2 aromatic rings. The molecule has 0 atom stereocenters. The van der Waals surface area contributed by atoms with Crippen LogP contribution in [0.4, 0.5) is 18.9 Å². The molecule has 0 amide bonds. The molecule has 0 radical (unpaired) electrons. The molecule has 0 saturated carbocycles. The van der Waals surface area contributed by atoms with Crippen LogP contribution in [-0.4, -0.2) is 22.1 Å². The molecule has 10 heteroatoms. The molecule has 0 spiro atoms. The third kappa shape index (κ3) is 5.50. The van der Waals surface area contributed by atoms with Crippen molar-refractivity contribution in [2.75, 3.05) is 5.32 Å². The van der Waals surface area contributed by atoms with E-state index >= 15 is 0 Å². The number of hydrogen-bond acceptors (Lipinski definition) is 3. The molecule has 1 aliphatic rings. The molecule has 0 unspecified atom stereocenters. The number of nitrogens with zero attached hydrogens (tertiary/aromatic N) is 3. The van der Waals surface area contributed by atoms with Crippen molar-refractivity contribution >= 4 is 35.6 Å². The van der Waals surface area contributed by atoms with Crippen LogP contribution in [0.3, 0.4) is 0 Å². The Bertz CT molecular complexity index is 819. The fourth-order valence-corrected chi connectivity index (χ4v) is 3.07. The number of aromatic nitrogens is 2. The highest BCUT2D eigenvalue weighted by Crippen LogP contribution is 2.30. The molecule has 0 saturated heterocycles. The number of alkyl halides is 3. The minimum absolute atomic E-state index is 0. The van der Waals surface area contributed by atoms with Crippen molar-refractivity contribution in [2.45, 2.75) is 38.6 Å². The smallest absolute Gasteiger partial charge is 0.404 e. The molecule has 148 valence electrons. The molecular weight excluding hydrogens is 474 g/mol. The first kappa shape index (κ1) is 21.3. The summed E-state index contributed by atoms with van der Waals surface area (Å²) in [6.45, 7) is 0.306. The van der Waals surface area contributed by atoms with E-state index < -0.39 is 6.36 Å². The monoisotopic (exact) mass is 495 g/mol. The van der Waals surface area contributed by atoms with Gasteiger partial charge in [0, 0.05) is 7.05 Å².